The van der Waals surface area contributed by atoms with Gasteiger partial charge in [-0.25, -0.2) is 9.97 Å². The van der Waals surface area contributed by atoms with E-state index >= 15 is 0 Å². The summed E-state index contributed by atoms with van der Waals surface area (Å²) in [4.78, 5) is 26.8. The number of likely N-dealkylation sites (tertiary alicyclic amines) is 1. The van der Waals surface area contributed by atoms with Crippen molar-refractivity contribution in [2.75, 3.05) is 13.2 Å². The first kappa shape index (κ1) is 18.4. The van der Waals surface area contributed by atoms with Crippen LogP contribution in [-0.4, -0.2) is 54.5 Å². The van der Waals surface area contributed by atoms with E-state index in [1.165, 1.54) is 5.56 Å². The number of aromatic amines is 1. The van der Waals surface area contributed by atoms with Crippen molar-refractivity contribution in [3.8, 4) is 17.0 Å². The number of carbonyl (C=O) groups is 1. The van der Waals surface area contributed by atoms with E-state index in [4.69, 9.17) is 9.72 Å². The number of amides is 1. The van der Waals surface area contributed by atoms with E-state index < -0.39 is 6.10 Å². The highest BCUT2D eigenvalue weighted by atomic mass is 16.5. The Balaban J connectivity index is 1.59. The van der Waals surface area contributed by atoms with Crippen LogP contribution in [-0.2, 0) is 11.2 Å². The van der Waals surface area contributed by atoms with Crippen molar-refractivity contribution in [2.24, 2.45) is 0 Å². The molecule has 2 unspecified atom stereocenters. The van der Waals surface area contributed by atoms with Gasteiger partial charge >= 0.3 is 0 Å². The number of benzene rings is 1. The SMILES string of the molecule is CC(=O)N1CC(O)CC1c1nc(-c2ccc3c(c2)CCCO3)c2cnc3[nH]ccc3n12. The molecule has 1 saturated heterocycles. The molecule has 0 aliphatic carbocycles. The van der Waals surface area contributed by atoms with Crippen molar-refractivity contribution in [3.63, 3.8) is 0 Å². The Bertz CT molecular complexity index is 1320. The van der Waals surface area contributed by atoms with E-state index in [-0.39, 0.29) is 11.9 Å². The number of carbonyl (C=O) groups excluding carboxylic acids is 1. The van der Waals surface area contributed by atoms with Crippen molar-refractivity contribution in [1.82, 2.24) is 24.3 Å². The Morgan fingerprint density at radius 1 is 1.29 bits per heavy atom. The average Bonchev–Trinajstić information content (AvgIpc) is 3.48. The van der Waals surface area contributed by atoms with Crippen LogP contribution in [0.3, 0.4) is 0 Å². The van der Waals surface area contributed by atoms with Crippen LogP contribution < -0.4 is 4.74 Å². The van der Waals surface area contributed by atoms with Gasteiger partial charge in [0.15, 0.2) is 5.65 Å². The van der Waals surface area contributed by atoms with E-state index in [2.05, 4.69) is 20.4 Å². The molecule has 0 radical (unpaired) electrons. The van der Waals surface area contributed by atoms with Crippen LogP contribution in [0.25, 0.3) is 27.9 Å². The minimum Gasteiger partial charge on any atom is -0.493 e. The standard InChI is InChI=1S/C23H23N5O3/c1-13(29)27-12-16(30)10-18(27)23-26-21(15-4-5-20-14(9-15)3-2-8-31-20)19-11-25-22-17(28(19)23)6-7-24-22/h4-7,9,11,16,18,24,30H,2-3,8,10,12H2,1H3. The number of aliphatic hydroxyl groups excluding tert-OH is 1. The highest BCUT2D eigenvalue weighted by Crippen LogP contribution is 2.38. The van der Waals surface area contributed by atoms with Gasteiger partial charge in [0, 0.05) is 31.6 Å². The summed E-state index contributed by atoms with van der Waals surface area (Å²) in [6.45, 7) is 2.62. The first-order valence-corrected chi connectivity index (χ1v) is 10.7. The Hall–Kier alpha value is -3.39. The van der Waals surface area contributed by atoms with Crippen molar-refractivity contribution < 1.29 is 14.6 Å². The first-order valence-electron chi connectivity index (χ1n) is 10.7. The molecule has 1 aromatic carbocycles. The second-order valence-electron chi connectivity index (χ2n) is 8.36. The van der Waals surface area contributed by atoms with Gasteiger partial charge < -0.3 is 19.7 Å². The average molecular weight is 417 g/mol. The topological polar surface area (TPSA) is 95.8 Å². The number of aryl methyl sites for hydroxylation is 1. The first-order chi connectivity index (χ1) is 15.1. The second kappa shape index (κ2) is 6.81. The predicted molar refractivity (Wildman–Crippen MR) is 115 cm³/mol. The fourth-order valence-corrected chi connectivity index (χ4v) is 4.94. The van der Waals surface area contributed by atoms with Crippen molar-refractivity contribution in [3.05, 3.63) is 48.0 Å². The highest BCUT2D eigenvalue weighted by Gasteiger charge is 2.37. The van der Waals surface area contributed by atoms with E-state index in [0.717, 1.165) is 59.0 Å². The Morgan fingerprint density at radius 2 is 2.19 bits per heavy atom. The number of hydrogen-bond acceptors (Lipinski definition) is 5. The molecule has 4 aromatic rings. The number of imidazole rings is 1. The van der Waals surface area contributed by atoms with E-state index in [0.29, 0.717) is 13.0 Å². The molecule has 5 heterocycles. The molecule has 1 amide bonds. The minimum absolute atomic E-state index is 0.0647. The number of hydrogen-bond donors (Lipinski definition) is 2. The lowest BCUT2D eigenvalue weighted by molar-refractivity contribution is -0.130. The van der Waals surface area contributed by atoms with Crippen LogP contribution in [0.4, 0.5) is 0 Å². The summed E-state index contributed by atoms with van der Waals surface area (Å²) >= 11 is 0. The predicted octanol–water partition coefficient (Wildman–Crippen LogP) is 2.86. The molecule has 8 heteroatoms. The maximum absolute atomic E-state index is 12.3. The van der Waals surface area contributed by atoms with Crippen molar-refractivity contribution in [2.45, 2.75) is 38.3 Å². The van der Waals surface area contributed by atoms with Gasteiger partial charge in [-0.1, -0.05) is 0 Å². The van der Waals surface area contributed by atoms with Crippen LogP contribution in [0.1, 0.15) is 37.2 Å². The van der Waals surface area contributed by atoms with Crippen LogP contribution in [0.5, 0.6) is 5.75 Å². The Morgan fingerprint density at radius 3 is 3.06 bits per heavy atom. The van der Waals surface area contributed by atoms with Crippen LogP contribution >= 0.6 is 0 Å². The normalized spacial score (nSPS) is 20.9. The molecule has 1 fully saturated rings. The molecule has 158 valence electrons. The van der Waals surface area contributed by atoms with Crippen molar-refractivity contribution in [1.29, 1.82) is 0 Å². The lowest BCUT2D eigenvalue weighted by atomic mass is 10.0. The second-order valence-corrected chi connectivity index (χ2v) is 8.36. The maximum atomic E-state index is 12.3. The highest BCUT2D eigenvalue weighted by molar-refractivity contribution is 5.85. The lowest BCUT2D eigenvalue weighted by Crippen LogP contribution is -2.30. The summed E-state index contributed by atoms with van der Waals surface area (Å²) in [5, 5.41) is 10.3. The molecule has 3 aromatic heterocycles. The number of nitrogens with zero attached hydrogens (tertiary/aromatic N) is 4. The molecular weight excluding hydrogens is 394 g/mol. The largest absolute Gasteiger partial charge is 0.493 e. The van der Waals surface area contributed by atoms with E-state index in [1.807, 2.05) is 30.6 Å². The third kappa shape index (κ3) is 2.82. The summed E-state index contributed by atoms with van der Waals surface area (Å²) < 4.78 is 7.85. The fourth-order valence-electron chi connectivity index (χ4n) is 4.94. The van der Waals surface area contributed by atoms with Crippen LogP contribution in [0, 0.1) is 0 Å². The zero-order valence-electron chi connectivity index (χ0n) is 17.2. The van der Waals surface area contributed by atoms with Gasteiger partial charge in [-0.05, 0) is 42.7 Å². The number of β-amino-alcohol motifs (C(OH)–C–C–N with tert-alkyl or cyclic N) is 1. The summed E-state index contributed by atoms with van der Waals surface area (Å²) in [6, 6.07) is 7.86. The number of aromatic nitrogens is 4. The van der Waals surface area contributed by atoms with Crippen LogP contribution in [0.2, 0.25) is 0 Å². The zero-order valence-corrected chi connectivity index (χ0v) is 17.2. The lowest BCUT2D eigenvalue weighted by Gasteiger charge is -2.22. The number of rotatable bonds is 2. The van der Waals surface area contributed by atoms with Crippen molar-refractivity contribution >= 4 is 22.6 Å². The van der Waals surface area contributed by atoms with Gasteiger partial charge in [0.05, 0.1) is 41.7 Å². The zero-order chi connectivity index (χ0) is 21.1. The van der Waals surface area contributed by atoms with E-state index in [1.54, 1.807) is 11.8 Å². The smallest absolute Gasteiger partial charge is 0.220 e. The van der Waals surface area contributed by atoms with Gasteiger partial charge in [0.25, 0.3) is 0 Å². The fraction of sp³-hybridized carbons (Fsp3) is 0.348. The summed E-state index contributed by atoms with van der Waals surface area (Å²) in [6.07, 6.45) is 5.56. The third-order valence-electron chi connectivity index (χ3n) is 6.36. The maximum Gasteiger partial charge on any atom is 0.220 e. The molecule has 0 bridgehead atoms. The number of nitrogens with one attached hydrogen (secondary N) is 1. The monoisotopic (exact) mass is 417 g/mol. The molecule has 2 N–H and O–H groups in total. The summed E-state index contributed by atoms with van der Waals surface area (Å²) in [7, 11) is 0. The number of H-pyrrole nitrogens is 1. The van der Waals surface area contributed by atoms with E-state index in [9.17, 15) is 9.90 Å². The molecule has 2 aliphatic rings. The Kier molecular flexibility index (Phi) is 4.04. The van der Waals surface area contributed by atoms with Crippen LogP contribution in [0.15, 0.2) is 36.7 Å². The minimum atomic E-state index is -0.561. The molecule has 0 spiro atoms. The van der Waals surface area contributed by atoms with Gasteiger partial charge in [-0.2, -0.15) is 0 Å². The molecule has 2 aliphatic heterocycles. The molecule has 8 nitrogen and oxygen atoms in total. The Labute approximate surface area is 178 Å². The molecule has 2 atom stereocenters. The summed E-state index contributed by atoms with van der Waals surface area (Å²) in [5.41, 5.74) is 5.54. The summed E-state index contributed by atoms with van der Waals surface area (Å²) in [5.74, 6) is 1.62. The molecular formula is C23H23N5O3. The van der Waals surface area contributed by atoms with Gasteiger partial charge in [0.1, 0.15) is 11.6 Å². The van der Waals surface area contributed by atoms with Gasteiger partial charge in [-0.15, -0.1) is 0 Å². The quantitative estimate of drug-likeness (QED) is 0.523. The number of fused-ring (bicyclic) bond motifs is 4. The molecule has 31 heavy (non-hydrogen) atoms. The number of aliphatic hydroxyl groups is 1. The number of ether oxygens (including phenoxy) is 1. The molecule has 6 rings (SSSR count). The van der Waals surface area contributed by atoms with Gasteiger partial charge in [0.2, 0.25) is 5.91 Å². The molecule has 0 saturated carbocycles. The van der Waals surface area contributed by atoms with Gasteiger partial charge in [-0.3, -0.25) is 9.20 Å². The third-order valence-corrected chi connectivity index (χ3v) is 6.36.